The molecule has 1 aliphatic rings. The Balaban J connectivity index is 2.04. The van der Waals surface area contributed by atoms with E-state index in [1.807, 2.05) is 18.8 Å². The fourth-order valence-corrected chi connectivity index (χ4v) is 3.62. The highest BCUT2D eigenvalue weighted by Crippen LogP contribution is 2.30. The molecule has 0 aromatic heterocycles. The maximum absolute atomic E-state index is 12.4. The van der Waals surface area contributed by atoms with Gasteiger partial charge in [0.15, 0.2) is 0 Å². The van der Waals surface area contributed by atoms with Crippen LogP contribution in [0.2, 0.25) is 0 Å². The fourth-order valence-electron chi connectivity index (χ4n) is 2.53. The van der Waals surface area contributed by atoms with Crippen molar-refractivity contribution in [2.24, 2.45) is 0 Å². The highest BCUT2D eigenvalue weighted by atomic mass is 32.2. The van der Waals surface area contributed by atoms with Gasteiger partial charge in [-0.2, -0.15) is 11.8 Å². The zero-order valence-electron chi connectivity index (χ0n) is 12.4. The molecule has 1 atom stereocenters. The molecule has 0 saturated carbocycles. The molecule has 4 heteroatoms. The fraction of sp³-hybridized carbons (Fsp3) is 0.562. The van der Waals surface area contributed by atoms with Gasteiger partial charge in [-0.15, -0.1) is 0 Å². The maximum Gasteiger partial charge on any atom is 0.223 e. The number of aryl methyl sites for hydroxylation is 1. The van der Waals surface area contributed by atoms with Gasteiger partial charge in [0.05, 0.1) is 6.04 Å². The predicted octanol–water partition coefficient (Wildman–Crippen LogP) is 2.61. The van der Waals surface area contributed by atoms with E-state index in [0.29, 0.717) is 12.3 Å². The minimum atomic E-state index is 0.247. The first kappa shape index (κ1) is 15.4. The lowest BCUT2D eigenvalue weighted by Gasteiger charge is -2.36. The van der Waals surface area contributed by atoms with Crippen LogP contribution in [0, 0.1) is 6.92 Å². The average molecular weight is 292 g/mol. The van der Waals surface area contributed by atoms with Gasteiger partial charge in [0.2, 0.25) is 5.91 Å². The molecule has 110 valence electrons. The molecule has 0 aliphatic carbocycles. The molecule has 1 aromatic rings. The van der Waals surface area contributed by atoms with Crippen molar-refractivity contribution in [2.45, 2.75) is 25.8 Å². The second-order valence-electron chi connectivity index (χ2n) is 5.30. The summed E-state index contributed by atoms with van der Waals surface area (Å²) in [6.07, 6.45) is 1.56. The number of thioether (sulfide) groups is 1. The van der Waals surface area contributed by atoms with Gasteiger partial charge in [-0.3, -0.25) is 4.79 Å². The van der Waals surface area contributed by atoms with Crippen molar-refractivity contribution in [3.05, 3.63) is 35.4 Å². The molecule has 2 rings (SSSR count). The van der Waals surface area contributed by atoms with E-state index in [9.17, 15) is 4.79 Å². The Kier molecular flexibility index (Phi) is 5.92. The molecule has 1 aliphatic heterocycles. The second-order valence-corrected chi connectivity index (χ2v) is 6.45. The van der Waals surface area contributed by atoms with Crippen LogP contribution in [0.25, 0.3) is 0 Å². The van der Waals surface area contributed by atoms with Gasteiger partial charge in [0, 0.05) is 24.5 Å². The third kappa shape index (κ3) is 4.00. The van der Waals surface area contributed by atoms with Crippen molar-refractivity contribution in [2.75, 3.05) is 31.6 Å². The summed E-state index contributed by atoms with van der Waals surface area (Å²) in [6.45, 7) is 3.88. The molecule has 0 spiro atoms. The first-order chi connectivity index (χ1) is 9.72. The number of carbonyl (C=O) groups is 1. The number of hydrogen-bond acceptors (Lipinski definition) is 3. The molecule has 1 aromatic carbocycles. The molecule has 1 amide bonds. The Morgan fingerprint density at radius 1 is 1.40 bits per heavy atom. The maximum atomic E-state index is 12.4. The monoisotopic (exact) mass is 292 g/mol. The number of amides is 1. The predicted molar refractivity (Wildman–Crippen MR) is 86.1 cm³/mol. The first-order valence-electron chi connectivity index (χ1n) is 7.30. The van der Waals surface area contributed by atoms with Crippen LogP contribution < -0.4 is 5.32 Å². The lowest BCUT2D eigenvalue weighted by atomic mass is 10.0. The molecule has 20 heavy (non-hydrogen) atoms. The topological polar surface area (TPSA) is 32.3 Å². The van der Waals surface area contributed by atoms with Crippen molar-refractivity contribution in [3.8, 4) is 0 Å². The van der Waals surface area contributed by atoms with E-state index in [2.05, 4.69) is 41.4 Å². The molecule has 3 nitrogen and oxygen atoms in total. The summed E-state index contributed by atoms with van der Waals surface area (Å²) in [5.41, 5.74) is 2.54. The van der Waals surface area contributed by atoms with E-state index < -0.39 is 0 Å². The molecule has 1 N–H and O–H groups in total. The number of benzene rings is 1. The molecule has 0 bridgehead atoms. The lowest BCUT2D eigenvalue weighted by Crippen LogP contribution is -2.40. The van der Waals surface area contributed by atoms with Gasteiger partial charge in [-0.05, 0) is 32.5 Å². The van der Waals surface area contributed by atoms with Crippen LogP contribution in [0.1, 0.15) is 30.0 Å². The van der Waals surface area contributed by atoms with E-state index in [4.69, 9.17) is 0 Å². The highest BCUT2D eigenvalue weighted by Gasteiger charge is 2.27. The van der Waals surface area contributed by atoms with Crippen LogP contribution in [0.5, 0.6) is 0 Å². The average Bonchev–Trinajstić information content (AvgIpc) is 2.48. The Labute approximate surface area is 126 Å². The van der Waals surface area contributed by atoms with Gasteiger partial charge in [-0.1, -0.05) is 29.8 Å². The van der Waals surface area contributed by atoms with Crippen LogP contribution in [0.15, 0.2) is 24.3 Å². The van der Waals surface area contributed by atoms with Gasteiger partial charge in [0.25, 0.3) is 0 Å². The Hall–Kier alpha value is -1.00. The third-order valence-electron chi connectivity index (χ3n) is 3.73. The summed E-state index contributed by atoms with van der Waals surface area (Å²) in [6, 6.07) is 8.85. The number of nitrogens with zero attached hydrogens (tertiary/aromatic N) is 1. The minimum Gasteiger partial charge on any atom is -0.334 e. The van der Waals surface area contributed by atoms with Crippen molar-refractivity contribution in [1.82, 2.24) is 10.2 Å². The summed E-state index contributed by atoms with van der Waals surface area (Å²) in [4.78, 5) is 14.5. The van der Waals surface area contributed by atoms with E-state index in [1.54, 1.807) is 0 Å². The van der Waals surface area contributed by atoms with Crippen LogP contribution in [0.3, 0.4) is 0 Å². The zero-order valence-corrected chi connectivity index (χ0v) is 13.2. The normalized spacial score (nSPS) is 19.1. The van der Waals surface area contributed by atoms with Crippen molar-refractivity contribution < 1.29 is 4.79 Å². The number of carbonyl (C=O) groups excluding carboxylic acids is 1. The van der Waals surface area contributed by atoms with E-state index >= 15 is 0 Å². The molecule has 1 fully saturated rings. The second kappa shape index (κ2) is 7.70. The molecule has 1 saturated heterocycles. The van der Waals surface area contributed by atoms with Crippen LogP contribution in [-0.2, 0) is 4.79 Å². The largest absolute Gasteiger partial charge is 0.334 e. The van der Waals surface area contributed by atoms with Gasteiger partial charge < -0.3 is 10.2 Å². The third-order valence-corrected chi connectivity index (χ3v) is 4.75. The Morgan fingerprint density at radius 2 is 2.15 bits per heavy atom. The van der Waals surface area contributed by atoms with Gasteiger partial charge in [0.1, 0.15) is 0 Å². The Bertz CT molecular complexity index is 433. The Morgan fingerprint density at radius 3 is 2.85 bits per heavy atom. The number of hydrogen-bond donors (Lipinski definition) is 1. The summed E-state index contributed by atoms with van der Waals surface area (Å²) >= 11 is 1.95. The lowest BCUT2D eigenvalue weighted by molar-refractivity contribution is -0.133. The van der Waals surface area contributed by atoms with E-state index in [0.717, 1.165) is 31.0 Å². The van der Waals surface area contributed by atoms with Crippen molar-refractivity contribution in [1.29, 1.82) is 0 Å². The highest BCUT2D eigenvalue weighted by molar-refractivity contribution is 7.99. The molecular formula is C16H24N2OS. The quantitative estimate of drug-likeness (QED) is 0.847. The summed E-state index contributed by atoms with van der Waals surface area (Å²) < 4.78 is 0. The van der Waals surface area contributed by atoms with Crippen LogP contribution >= 0.6 is 11.8 Å². The van der Waals surface area contributed by atoms with E-state index in [-0.39, 0.29) is 6.04 Å². The van der Waals surface area contributed by atoms with Crippen LogP contribution in [-0.4, -0.2) is 42.4 Å². The molecular weight excluding hydrogens is 268 g/mol. The van der Waals surface area contributed by atoms with Crippen molar-refractivity contribution >= 4 is 17.7 Å². The zero-order chi connectivity index (χ0) is 14.4. The number of nitrogens with one attached hydrogen (secondary N) is 1. The first-order valence-corrected chi connectivity index (χ1v) is 8.46. The van der Waals surface area contributed by atoms with Crippen molar-refractivity contribution in [3.63, 3.8) is 0 Å². The summed E-state index contributed by atoms with van der Waals surface area (Å²) in [7, 11) is 1.93. The van der Waals surface area contributed by atoms with E-state index in [1.165, 1.54) is 11.1 Å². The van der Waals surface area contributed by atoms with Crippen LogP contribution in [0.4, 0.5) is 0 Å². The SMILES string of the molecule is CNCCCC(=O)N1CCSCC1c1ccc(C)cc1. The summed E-state index contributed by atoms with van der Waals surface area (Å²) in [5, 5.41) is 3.10. The minimum absolute atomic E-state index is 0.247. The smallest absolute Gasteiger partial charge is 0.223 e. The number of rotatable bonds is 5. The molecule has 0 radical (unpaired) electrons. The standard InChI is InChI=1S/C16H24N2OS/c1-13-5-7-14(8-6-13)15-12-20-11-10-18(15)16(19)4-3-9-17-2/h5-8,15,17H,3-4,9-12H2,1-2H3. The van der Waals surface area contributed by atoms with Gasteiger partial charge >= 0.3 is 0 Å². The molecule has 1 unspecified atom stereocenters. The van der Waals surface area contributed by atoms with Gasteiger partial charge in [-0.25, -0.2) is 0 Å². The molecule has 1 heterocycles. The summed E-state index contributed by atoms with van der Waals surface area (Å²) in [5.74, 6) is 2.37.